The van der Waals surface area contributed by atoms with Crippen molar-refractivity contribution in [3.63, 3.8) is 0 Å². The molecule has 0 aliphatic heterocycles. The Labute approximate surface area is 116 Å². The second kappa shape index (κ2) is 6.73. The highest BCUT2D eigenvalue weighted by molar-refractivity contribution is 5.57. The van der Waals surface area contributed by atoms with Crippen LogP contribution in [0.2, 0.25) is 0 Å². The van der Waals surface area contributed by atoms with Gasteiger partial charge in [0.1, 0.15) is 17.5 Å². The molecule has 19 heavy (non-hydrogen) atoms. The van der Waals surface area contributed by atoms with E-state index in [-0.39, 0.29) is 0 Å². The highest BCUT2D eigenvalue weighted by Gasteiger charge is 2.28. The van der Waals surface area contributed by atoms with Crippen LogP contribution in [0.3, 0.4) is 0 Å². The lowest BCUT2D eigenvalue weighted by atomic mass is 10.2. The van der Waals surface area contributed by atoms with Gasteiger partial charge >= 0.3 is 0 Å². The zero-order chi connectivity index (χ0) is 13.7. The van der Waals surface area contributed by atoms with Crippen LogP contribution >= 0.6 is 0 Å². The van der Waals surface area contributed by atoms with Gasteiger partial charge in [0.05, 0.1) is 0 Å². The van der Waals surface area contributed by atoms with Crippen molar-refractivity contribution in [2.75, 3.05) is 23.7 Å². The first-order valence-corrected chi connectivity index (χ1v) is 7.62. The van der Waals surface area contributed by atoms with Gasteiger partial charge in [0.2, 0.25) is 0 Å². The molecule has 0 bridgehead atoms. The number of unbranched alkanes of at least 4 members (excludes halogenated alkanes) is 1. The molecule has 1 aliphatic carbocycles. The summed E-state index contributed by atoms with van der Waals surface area (Å²) in [5.74, 6) is 3.64. The maximum Gasteiger partial charge on any atom is 0.136 e. The number of rotatable bonds is 8. The van der Waals surface area contributed by atoms with Gasteiger partial charge in [-0.2, -0.15) is 0 Å². The Morgan fingerprint density at radius 2 is 1.63 bits per heavy atom. The molecule has 2 N–H and O–H groups in total. The molecule has 0 unspecified atom stereocenters. The van der Waals surface area contributed by atoms with Crippen LogP contribution in [-0.4, -0.2) is 23.1 Å². The fourth-order valence-electron chi connectivity index (χ4n) is 2.03. The van der Waals surface area contributed by atoms with Crippen LogP contribution < -0.4 is 10.6 Å². The zero-order valence-electron chi connectivity index (χ0n) is 12.4. The lowest BCUT2D eigenvalue weighted by molar-refractivity contribution is 0.823. The van der Waals surface area contributed by atoms with Crippen LogP contribution in [0, 0.1) is 6.92 Å². The summed E-state index contributed by atoms with van der Waals surface area (Å²) in [7, 11) is 0. The lowest BCUT2D eigenvalue weighted by Gasteiger charge is -2.14. The van der Waals surface area contributed by atoms with Gasteiger partial charge in [-0.05, 0) is 32.6 Å². The molecule has 4 heteroatoms. The van der Waals surface area contributed by atoms with Crippen LogP contribution in [0.25, 0.3) is 0 Å². The number of nitrogens with zero attached hydrogens (tertiary/aromatic N) is 2. The van der Waals surface area contributed by atoms with Gasteiger partial charge < -0.3 is 10.6 Å². The second-order valence-electron chi connectivity index (χ2n) is 5.39. The molecule has 0 atom stereocenters. The molecule has 1 heterocycles. The van der Waals surface area contributed by atoms with Crippen LogP contribution in [0.15, 0.2) is 0 Å². The molecule has 0 aromatic carbocycles. The second-order valence-corrected chi connectivity index (χ2v) is 5.39. The Kier molecular flexibility index (Phi) is 5.00. The maximum absolute atomic E-state index is 4.71. The summed E-state index contributed by atoms with van der Waals surface area (Å²) in [4.78, 5) is 9.41. The SMILES string of the molecule is CCCCNc1nc(C2CC2)nc(NCCC)c1C. The van der Waals surface area contributed by atoms with E-state index < -0.39 is 0 Å². The third kappa shape index (κ3) is 3.82. The molecule has 1 aromatic rings. The van der Waals surface area contributed by atoms with Gasteiger partial charge in [-0.25, -0.2) is 9.97 Å². The average molecular weight is 262 g/mol. The minimum Gasteiger partial charge on any atom is -0.370 e. The highest BCUT2D eigenvalue weighted by atomic mass is 15.1. The molecule has 0 radical (unpaired) electrons. The summed E-state index contributed by atoms with van der Waals surface area (Å²) >= 11 is 0. The molecule has 0 spiro atoms. The van der Waals surface area contributed by atoms with Crippen LogP contribution in [0.1, 0.15) is 63.3 Å². The average Bonchev–Trinajstić information content (AvgIpc) is 3.24. The van der Waals surface area contributed by atoms with E-state index in [1.165, 1.54) is 25.7 Å². The van der Waals surface area contributed by atoms with Gasteiger partial charge in [-0.1, -0.05) is 20.3 Å². The number of aromatic nitrogens is 2. The Morgan fingerprint density at radius 1 is 1.00 bits per heavy atom. The molecule has 1 saturated carbocycles. The van der Waals surface area contributed by atoms with Gasteiger partial charge in [-0.15, -0.1) is 0 Å². The Balaban J connectivity index is 2.16. The van der Waals surface area contributed by atoms with Gasteiger partial charge in [0.25, 0.3) is 0 Å². The largest absolute Gasteiger partial charge is 0.370 e. The minimum absolute atomic E-state index is 0.592. The summed E-state index contributed by atoms with van der Waals surface area (Å²) in [6, 6.07) is 0. The number of hydrogen-bond donors (Lipinski definition) is 2. The smallest absolute Gasteiger partial charge is 0.136 e. The van der Waals surface area contributed by atoms with E-state index in [2.05, 4.69) is 31.4 Å². The molecule has 4 nitrogen and oxygen atoms in total. The van der Waals surface area contributed by atoms with Crippen molar-refractivity contribution < 1.29 is 0 Å². The zero-order valence-corrected chi connectivity index (χ0v) is 12.4. The Morgan fingerprint density at radius 3 is 2.16 bits per heavy atom. The Bertz CT molecular complexity index is 413. The first-order valence-electron chi connectivity index (χ1n) is 7.62. The fourth-order valence-corrected chi connectivity index (χ4v) is 2.03. The van der Waals surface area contributed by atoms with Gasteiger partial charge in [0, 0.05) is 24.6 Å². The topological polar surface area (TPSA) is 49.8 Å². The van der Waals surface area contributed by atoms with Gasteiger partial charge in [-0.3, -0.25) is 0 Å². The molecular weight excluding hydrogens is 236 g/mol. The molecule has 0 amide bonds. The lowest BCUT2D eigenvalue weighted by Crippen LogP contribution is -2.12. The van der Waals surface area contributed by atoms with Crippen molar-refractivity contribution in [3.8, 4) is 0 Å². The van der Waals surface area contributed by atoms with E-state index in [1.807, 2.05) is 0 Å². The van der Waals surface area contributed by atoms with E-state index in [0.29, 0.717) is 5.92 Å². The maximum atomic E-state index is 4.71. The summed E-state index contributed by atoms with van der Waals surface area (Å²) < 4.78 is 0. The normalized spacial score (nSPS) is 14.5. The summed E-state index contributed by atoms with van der Waals surface area (Å²) in [5, 5.41) is 6.89. The molecule has 0 saturated heterocycles. The van der Waals surface area contributed by atoms with Gasteiger partial charge in [0.15, 0.2) is 0 Å². The minimum atomic E-state index is 0.592. The molecular formula is C15H26N4. The summed E-state index contributed by atoms with van der Waals surface area (Å²) in [6.07, 6.45) is 5.98. The first kappa shape index (κ1) is 14.1. The molecule has 2 rings (SSSR count). The molecule has 1 aliphatic rings. The summed E-state index contributed by atoms with van der Waals surface area (Å²) in [5.41, 5.74) is 1.15. The third-order valence-corrected chi connectivity index (χ3v) is 3.47. The fraction of sp³-hybridized carbons (Fsp3) is 0.733. The van der Waals surface area contributed by atoms with Crippen LogP contribution in [-0.2, 0) is 0 Å². The van der Waals surface area contributed by atoms with Crippen molar-refractivity contribution in [2.24, 2.45) is 0 Å². The molecule has 1 aromatic heterocycles. The van der Waals surface area contributed by atoms with Crippen molar-refractivity contribution in [1.29, 1.82) is 0 Å². The van der Waals surface area contributed by atoms with E-state index in [4.69, 9.17) is 9.97 Å². The van der Waals surface area contributed by atoms with E-state index in [1.54, 1.807) is 0 Å². The number of anilines is 2. The van der Waals surface area contributed by atoms with Crippen molar-refractivity contribution in [2.45, 2.75) is 58.8 Å². The third-order valence-electron chi connectivity index (χ3n) is 3.47. The van der Waals surface area contributed by atoms with Crippen molar-refractivity contribution in [3.05, 3.63) is 11.4 Å². The summed E-state index contributed by atoms with van der Waals surface area (Å²) in [6.45, 7) is 8.44. The molecule has 1 fully saturated rings. The first-order chi connectivity index (χ1) is 9.26. The highest BCUT2D eigenvalue weighted by Crippen LogP contribution is 2.39. The van der Waals surface area contributed by atoms with E-state index in [0.717, 1.165) is 42.5 Å². The standard InChI is InChI=1S/C15H26N4/c1-4-6-10-17-14-11(3)13(16-9-5-2)18-15(19-14)12-7-8-12/h12H,4-10H2,1-3H3,(H2,16,17,18,19). The predicted molar refractivity (Wildman–Crippen MR) is 80.9 cm³/mol. The quantitative estimate of drug-likeness (QED) is 0.701. The van der Waals surface area contributed by atoms with Crippen LogP contribution in [0.4, 0.5) is 11.6 Å². The van der Waals surface area contributed by atoms with Crippen molar-refractivity contribution in [1.82, 2.24) is 9.97 Å². The number of hydrogen-bond acceptors (Lipinski definition) is 4. The van der Waals surface area contributed by atoms with Crippen LogP contribution in [0.5, 0.6) is 0 Å². The number of nitrogens with one attached hydrogen (secondary N) is 2. The van der Waals surface area contributed by atoms with E-state index in [9.17, 15) is 0 Å². The van der Waals surface area contributed by atoms with Crippen molar-refractivity contribution >= 4 is 11.6 Å². The Hall–Kier alpha value is -1.32. The molecule has 106 valence electrons. The van der Waals surface area contributed by atoms with E-state index >= 15 is 0 Å². The monoisotopic (exact) mass is 262 g/mol. The predicted octanol–water partition coefficient (Wildman–Crippen LogP) is 3.70.